The summed E-state index contributed by atoms with van der Waals surface area (Å²) in [5.74, 6) is 0.478. The number of benzene rings is 2. The van der Waals surface area contributed by atoms with Gasteiger partial charge < -0.3 is 10.1 Å². The van der Waals surface area contributed by atoms with E-state index in [0.717, 1.165) is 36.3 Å². The number of anilines is 1. The maximum absolute atomic E-state index is 13.5. The van der Waals surface area contributed by atoms with E-state index in [1.807, 2.05) is 24.3 Å². The van der Waals surface area contributed by atoms with Crippen molar-refractivity contribution in [2.75, 3.05) is 11.9 Å². The van der Waals surface area contributed by atoms with E-state index in [9.17, 15) is 9.18 Å². The molecule has 0 spiro atoms. The second-order valence-corrected chi connectivity index (χ2v) is 9.66. The smallest absolute Gasteiger partial charge is 0.170 e. The zero-order chi connectivity index (χ0) is 22.3. The Morgan fingerprint density at radius 1 is 1.09 bits per heavy atom. The summed E-state index contributed by atoms with van der Waals surface area (Å²) in [6.45, 7) is -0.0716. The van der Waals surface area contributed by atoms with E-state index in [1.165, 1.54) is 12.1 Å². The van der Waals surface area contributed by atoms with Crippen molar-refractivity contribution in [3.05, 3.63) is 70.7 Å². The highest BCUT2D eigenvalue weighted by Gasteiger charge is 2.68. The molecule has 1 aromatic heterocycles. The Morgan fingerprint density at radius 3 is 2.56 bits per heavy atom. The molecule has 3 aliphatic rings. The quantitative estimate of drug-likeness (QED) is 0.438. The zero-order valence-corrected chi connectivity index (χ0v) is 18.6. The molecule has 32 heavy (non-hydrogen) atoms. The summed E-state index contributed by atoms with van der Waals surface area (Å²) < 4.78 is 18.9. The molecule has 5 nitrogen and oxygen atoms in total. The van der Waals surface area contributed by atoms with E-state index >= 15 is 0 Å². The SMILES string of the molecule is O=C(COc1ccc(Cl)c(F)c1)CC12CC(Nc3cncc(-c4ccc(Cl)cc4)n3)(C1)C2. The molecule has 1 heterocycles. The molecular weight excluding hydrogens is 452 g/mol. The van der Waals surface area contributed by atoms with Gasteiger partial charge >= 0.3 is 0 Å². The van der Waals surface area contributed by atoms with Crippen molar-refractivity contribution in [1.82, 2.24) is 9.97 Å². The first-order valence-corrected chi connectivity index (χ1v) is 11.1. The number of Topliss-reactive ketones (excluding diaryl/α,β-unsaturated/α-hetero) is 1. The second kappa shape index (κ2) is 8.01. The molecule has 3 aliphatic carbocycles. The third-order valence-electron chi connectivity index (χ3n) is 6.17. The first-order valence-electron chi connectivity index (χ1n) is 10.3. The molecule has 0 unspecified atom stereocenters. The normalized spacial score (nSPS) is 23.1. The predicted molar refractivity (Wildman–Crippen MR) is 122 cm³/mol. The molecule has 3 fully saturated rings. The molecule has 8 heteroatoms. The van der Waals surface area contributed by atoms with Crippen LogP contribution in [0.25, 0.3) is 11.3 Å². The summed E-state index contributed by atoms with van der Waals surface area (Å²) in [5.41, 5.74) is 1.73. The number of ketones is 1. The van der Waals surface area contributed by atoms with Crippen molar-refractivity contribution in [2.24, 2.45) is 5.41 Å². The van der Waals surface area contributed by atoms with Crippen LogP contribution in [-0.4, -0.2) is 27.9 Å². The van der Waals surface area contributed by atoms with Gasteiger partial charge in [-0.1, -0.05) is 35.3 Å². The molecule has 6 rings (SSSR count). The highest BCUT2D eigenvalue weighted by atomic mass is 35.5. The van der Waals surface area contributed by atoms with E-state index in [2.05, 4.69) is 15.3 Å². The van der Waals surface area contributed by atoms with Gasteiger partial charge in [-0.2, -0.15) is 0 Å². The van der Waals surface area contributed by atoms with Crippen LogP contribution >= 0.6 is 23.2 Å². The van der Waals surface area contributed by atoms with Crippen LogP contribution in [0, 0.1) is 11.2 Å². The molecule has 2 bridgehead atoms. The van der Waals surface area contributed by atoms with Gasteiger partial charge in [-0.25, -0.2) is 9.37 Å². The van der Waals surface area contributed by atoms with Gasteiger partial charge in [0, 0.05) is 28.6 Å². The lowest BCUT2D eigenvalue weighted by molar-refractivity contribution is -0.147. The van der Waals surface area contributed by atoms with E-state index in [0.29, 0.717) is 17.2 Å². The highest BCUT2D eigenvalue weighted by Crippen LogP contribution is 2.70. The number of hydrogen-bond donors (Lipinski definition) is 1. The summed E-state index contributed by atoms with van der Waals surface area (Å²) >= 11 is 11.6. The number of ether oxygens (including phenoxy) is 1. The van der Waals surface area contributed by atoms with Crippen LogP contribution in [0.4, 0.5) is 10.2 Å². The highest BCUT2D eigenvalue weighted by molar-refractivity contribution is 6.31. The van der Waals surface area contributed by atoms with Crippen LogP contribution < -0.4 is 10.1 Å². The van der Waals surface area contributed by atoms with E-state index < -0.39 is 5.82 Å². The van der Waals surface area contributed by atoms with Crippen molar-refractivity contribution >= 4 is 34.8 Å². The fourth-order valence-corrected chi connectivity index (χ4v) is 5.22. The fourth-order valence-electron chi connectivity index (χ4n) is 4.98. The summed E-state index contributed by atoms with van der Waals surface area (Å²) in [5, 5.41) is 4.22. The number of carbonyl (C=O) groups is 1. The summed E-state index contributed by atoms with van der Waals surface area (Å²) in [6.07, 6.45) is 6.64. The number of hydrogen-bond acceptors (Lipinski definition) is 5. The zero-order valence-electron chi connectivity index (χ0n) is 17.1. The minimum Gasteiger partial charge on any atom is -0.486 e. The molecular formula is C24H20Cl2FN3O2. The van der Waals surface area contributed by atoms with Gasteiger partial charge in [0.25, 0.3) is 0 Å². The van der Waals surface area contributed by atoms with Crippen molar-refractivity contribution in [1.29, 1.82) is 0 Å². The number of nitrogens with zero attached hydrogens (tertiary/aromatic N) is 2. The molecule has 0 amide bonds. The Morgan fingerprint density at radius 2 is 1.84 bits per heavy atom. The van der Waals surface area contributed by atoms with Gasteiger partial charge in [0.1, 0.15) is 24.0 Å². The largest absolute Gasteiger partial charge is 0.486 e. The number of rotatable bonds is 8. The lowest BCUT2D eigenvalue weighted by Crippen LogP contribution is -2.71. The van der Waals surface area contributed by atoms with Crippen LogP contribution in [0.15, 0.2) is 54.9 Å². The average molecular weight is 472 g/mol. The standard InChI is InChI=1S/C24H20Cl2FN3O2/c25-16-3-1-15(2-4-16)21-9-28-10-22(29-21)30-24-12-23(13-24,14-24)8-17(31)11-32-18-5-6-19(26)20(27)7-18/h1-7,9-10H,8,11-14H2,(H,29,30). The van der Waals surface area contributed by atoms with Crippen LogP contribution in [-0.2, 0) is 4.79 Å². The Hall–Kier alpha value is -2.70. The molecule has 164 valence electrons. The number of halogens is 3. The first kappa shape index (κ1) is 21.2. The first-order chi connectivity index (χ1) is 15.3. The third kappa shape index (κ3) is 4.17. The molecule has 1 N–H and O–H groups in total. The average Bonchev–Trinajstić information content (AvgIpc) is 2.73. The van der Waals surface area contributed by atoms with Crippen molar-refractivity contribution < 1.29 is 13.9 Å². The van der Waals surface area contributed by atoms with Crippen LogP contribution in [0.5, 0.6) is 5.75 Å². The lowest BCUT2D eigenvalue weighted by atomic mass is 9.38. The minimum absolute atomic E-state index is 0.0122. The molecule has 0 aliphatic heterocycles. The van der Waals surface area contributed by atoms with Crippen molar-refractivity contribution in [3.63, 3.8) is 0 Å². The van der Waals surface area contributed by atoms with Crippen LogP contribution in [0.2, 0.25) is 10.0 Å². The summed E-state index contributed by atoms with van der Waals surface area (Å²) in [4.78, 5) is 21.4. The van der Waals surface area contributed by atoms with Crippen LogP contribution in [0.1, 0.15) is 25.7 Å². The summed E-state index contributed by atoms with van der Waals surface area (Å²) in [7, 11) is 0. The molecule has 3 aromatic rings. The van der Waals surface area contributed by atoms with Gasteiger partial charge in [0.05, 0.1) is 23.1 Å². The van der Waals surface area contributed by atoms with Gasteiger partial charge in [0.15, 0.2) is 5.78 Å². The maximum atomic E-state index is 13.5. The Bertz CT molecular complexity index is 1170. The Labute approximate surface area is 194 Å². The van der Waals surface area contributed by atoms with Crippen molar-refractivity contribution in [2.45, 2.75) is 31.2 Å². The lowest BCUT2D eigenvalue weighted by Gasteiger charge is -2.70. The van der Waals surface area contributed by atoms with Gasteiger partial charge in [-0.05, 0) is 48.9 Å². The van der Waals surface area contributed by atoms with E-state index in [1.54, 1.807) is 18.5 Å². The Balaban J connectivity index is 1.13. The maximum Gasteiger partial charge on any atom is 0.170 e. The van der Waals surface area contributed by atoms with Gasteiger partial charge in [-0.15, -0.1) is 0 Å². The van der Waals surface area contributed by atoms with Gasteiger partial charge in [-0.3, -0.25) is 9.78 Å². The second-order valence-electron chi connectivity index (χ2n) is 8.81. The topological polar surface area (TPSA) is 64.1 Å². The number of carbonyl (C=O) groups excluding carboxylic acids is 1. The fraction of sp³-hybridized carbons (Fsp3) is 0.292. The van der Waals surface area contributed by atoms with Gasteiger partial charge in [0.2, 0.25) is 0 Å². The number of nitrogens with one attached hydrogen (secondary N) is 1. The van der Waals surface area contributed by atoms with Crippen molar-refractivity contribution in [3.8, 4) is 17.0 Å². The monoisotopic (exact) mass is 471 g/mol. The molecule has 0 atom stereocenters. The van der Waals surface area contributed by atoms with E-state index in [4.69, 9.17) is 27.9 Å². The minimum atomic E-state index is -0.563. The van der Waals surface area contributed by atoms with Crippen LogP contribution in [0.3, 0.4) is 0 Å². The Kier molecular flexibility index (Phi) is 5.30. The molecule has 0 saturated heterocycles. The third-order valence-corrected chi connectivity index (χ3v) is 6.73. The number of aromatic nitrogens is 2. The van der Waals surface area contributed by atoms with E-state index in [-0.39, 0.29) is 28.4 Å². The molecule has 3 saturated carbocycles. The summed E-state index contributed by atoms with van der Waals surface area (Å²) in [6, 6.07) is 11.6. The molecule has 2 aromatic carbocycles. The predicted octanol–water partition coefficient (Wildman–Crippen LogP) is 5.96. The molecule has 0 radical (unpaired) electrons.